The van der Waals surface area contributed by atoms with Crippen molar-refractivity contribution in [2.75, 3.05) is 0 Å². The minimum atomic E-state index is -0.0804. The van der Waals surface area contributed by atoms with Gasteiger partial charge in [0.15, 0.2) is 0 Å². The number of benzene rings is 1. The summed E-state index contributed by atoms with van der Waals surface area (Å²) in [7, 11) is 0. The number of unbranched alkanes of at least 4 members (excludes halogenated alkanes) is 5. The summed E-state index contributed by atoms with van der Waals surface area (Å²) in [5.74, 6) is 1.49. The van der Waals surface area contributed by atoms with Crippen LogP contribution in [-0.2, 0) is 17.3 Å². The van der Waals surface area contributed by atoms with E-state index in [1.807, 2.05) is 6.07 Å². The van der Waals surface area contributed by atoms with Crippen LogP contribution in [0.4, 0.5) is 0 Å². The lowest BCUT2D eigenvalue weighted by atomic mass is 9.77. The molecule has 2 heteroatoms. The van der Waals surface area contributed by atoms with Crippen LogP contribution < -0.4 is 4.74 Å². The van der Waals surface area contributed by atoms with Gasteiger partial charge in [0.2, 0.25) is 0 Å². The third-order valence-electron chi connectivity index (χ3n) is 5.51. The summed E-state index contributed by atoms with van der Waals surface area (Å²) in [5.41, 5.74) is 3.35. The lowest BCUT2D eigenvalue weighted by molar-refractivity contribution is 0.212. The van der Waals surface area contributed by atoms with Gasteiger partial charge >= 0.3 is 0 Å². The van der Waals surface area contributed by atoms with Crippen molar-refractivity contribution in [2.24, 2.45) is 0 Å². The van der Waals surface area contributed by atoms with Crippen LogP contribution >= 0.6 is 0 Å². The highest BCUT2D eigenvalue weighted by atomic mass is 16.5. The number of phenols is 1. The van der Waals surface area contributed by atoms with Gasteiger partial charge < -0.3 is 9.84 Å². The maximum Gasteiger partial charge on any atom is 0.127 e. The summed E-state index contributed by atoms with van der Waals surface area (Å²) in [6.07, 6.45) is 10.2. The molecule has 1 heterocycles. The molecule has 1 aromatic rings. The molecule has 0 amide bonds. The molecule has 1 aliphatic heterocycles. The zero-order chi connectivity index (χ0) is 19.5. The monoisotopic (exact) mass is 360 g/mol. The van der Waals surface area contributed by atoms with E-state index in [0.717, 1.165) is 29.7 Å². The second-order valence-electron chi connectivity index (χ2n) is 10.1. The Morgan fingerprint density at radius 1 is 0.962 bits per heavy atom. The average Bonchev–Trinajstić information content (AvgIpc) is 2.90. The fourth-order valence-electron chi connectivity index (χ4n) is 4.18. The van der Waals surface area contributed by atoms with Gasteiger partial charge in [-0.25, -0.2) is 0 Å². The van der Waals surface area contributed by atoms with Gasteiger partial charge in [-0.15, -0.1) is 0 Å². The van der Waals surface area contributed by atoms with Gasteiger partial charge in [-0.1, -0.05) is 80.6 Å². The van der Waals surface area contributed by atoms with Crippen molar-refractivity contribution in [3.8, 4) is 11.5 Å². The first kappa shape index (κ1) is 21.1. The topological polar surface area (TPSA) is 29.5 Å². The Kier molecular flexibility index (Phi) is 6.69. The first-order valence-electron chi connectivity index (χ1n) is 10.6. The molecule has 0 saturated heterocycles. The third kappa shape index (κ3) is 4.96. The zero-order valence-corrected chi connectivity index (χ0v) is 18.2. The van der Waals surface area contributed by atoms with E-state index in [4.69, 9.17) is 4.74 Å². The Bertz CT molecular complexity index is 602. The third-order valence-corrected chi connectivity index (χ3v) is 5.51. The van der Waals surface area contributed by atoms with E-state index in [0.29, 0.717) is 5.75 Å². The van der Waals surface area contributed by atoms with Crippen molar-refractivity contribution in [3.63, 3.8) is 0 Å². The molecule has 26 heavy (non-hydrogen) atoms. The molecule has 1 N–H and O–H groups in total. The molecule has 0 bridgehead atoms. The second-order valence-corrected chi connectivity index (χ2v) is 10.1. The first-order valence-corrected chi connectivity index (χ1v) is 10.6. The Labute approximate surface area is 161 Å². The fraction of sp³-hybridized carbons (Fsp3) is 0.750. The average molecular weight is 361 g/mol. The van der Waals surface area contributed by atoms with Gasteiger partial charge in [0.05, 0.1) is 0 Å². The number of phenolic OH excluding ortho intramolecular Hbond substituents is 1. The second kappa shape index (κ2) is 8.23. The van der Waals surface area contributed by atoms with E-state index in [2.05, 4.69) is 48.5 Å². The van der Waals surface area contributed by atoms with E-state index in [1.165, 1.54) is 44.1 Å². The molecule has 0 fully saturated rings. The van der Waals surface area contributed by atoms with Crippen LogP contribution in [0, 0.1) is 0 Å². The van der Waals surface area contributed by atoms with Crippen LogP contribution in [0.1, 0.15) is 110 Å². The molecule has 1 unspecified atom stereocenters. The van der Waals surface area contributed by atoms with Crippen molar-refractivity contribution < 1.29 is 9.84 Å². The molecule has 0 saturated carbocycles. The molecule has 0 aliphatic carbocycles. The number of hydrogen-bond acceptors (Lipinski definition) is 2. The van der Waals surface area contributed by atoms with Gasteiger partial charge in [-0.05, 0) is 29.7 Å². The minimum Gasteiger partial charge on any atom is -0.508 e. The summed E-state index contributed by atoms with van der Waals surface area (Å²) in [6, 6.07) is 1.95. The van der Waals surface area contributed by atoms with E-state index < -0.39 is 0 Å². The SMILES string of the molecule is CCCCCCCCC1Cc2c(c(C(C)(C)C)cc(O)c2C(C)(C)C)O1. The van der Waals surface area contributed by atoms with Crippen molar-refractivity contribution in [1.29, 1.82) is 0 Å². The molecule has 0 radical (unpaired) electrons. The highest BCUT2D eigenvalue weighted by Gasteiger charge is 2.36. The quantitative estimate of drug-likeness (QED) is 0.528. The van der Waals surface area contributed by atoms with Gasteiger partial charge in [0, 0.05) is 23.1 Å². The molecule has 2 rings (SSSR count). The van der Waals surface area contributed by atoms with E-state index >= 15 is 0 Å². The molecule has 1 aromatic carbocycles. The summed E-state index contributed by atoms with van der Waals surface area (Å²) in [5, 5.41) is 10.8. The summed E-state index contributed by atoms with van der Waals surface area (Å²) < 4.78 is 6.47. The molecule has 1 atom stereocenters. The minimum absolute atomic E-state index is 0.0347. The zero-order valence-electron chi connectivity index (χ0n) is 18.2. The smallest absolute Gasteiger partial charge is 0.127 e. The van der Waals surface area contributed by atoms with Crippen molar-refractivity contribution >= 4 is 0 Å². The van der Waals surface area contributed by atoms with Crippen molar-refractivity contribution in [2.45, 2.75) is 117 Å². The first-order chi connectivity index (χ1) is 12.1. The van der Waals surface area contributed by atoms with Crippen LogP contribution in [0.2, 0.25) is 0 Å². The lowest BCUT2D eigenvalue weighted by Gasteiger charge is -2.28. The van der Waals surface area contributed by atoms with Crippen molar-refractivity contribution in [1.82, 2.24) is 0 Å². The fourth-order valence-corrected chi connectivity index (χ4v) is 4.18. The standard InChI is InChI=1S/C24H40O2/c1-8-9-10-11-12-13-14-17-15-18-21(24(5,6)7)20(25)16-19(22(18)26-17)23(2,3)4/h16-17,25H,8-15H2,1-7H3. The molecule has 0 spiro atoms. The summed E-state index contributed by atoms with van der Waals surface area (Å²) >= 11 is 0. The van der Waals surface area contributed by atoms with Gasteiger partial charge in [0.1, 0.15) is 17.6 Å². The van der Waals surface area contributed by atoms with Gasteiger partial charge in [0.25, 0.3) is 0 Å². The largest absolute Gasteiger partial charge is 0.508 e. The molecular formula is C24H40O2. The summed E-state index contributed by atoms with van der Waals surface area (Å²) in [6.45, 7) is 15.4. The van der Waals surface area contributed by atoms with E-state index in [-0.39, 0.29) is 16.9 Å². The van der Waals surface area contributed by atoms with Crippen LogP contribution in [0.3, 0.4) is 0 Å². The Morgan fingerprint density at radius 2 is 1.58 bits per heavy atom. The maximum atomic E-state index is 10.8. The number of fused-ring (bicyclic) bond motifs is 1. The maximum absolute atomic E-state index is 10.8. The van der Waals surface area contributed by atoms with Gasteiger partial charge in [-0.2, -0.15) is 0 Å². The highest BCUT2D eigenvalue weighted by molar-refractivity contribution is 5.59. The van der Waals surface area contributed by atoms with Crippen LogP contribution in [0.25, 0.3) is 0 Å². The van der Waals surface area contributed by atoms with Crippen LogP contribution in [0.15, 0.2) is 6.07 Å². The Hall–Kier alpha value is -1.18. The van der Waals surface area contributed by atoms with E-state index in [1.54, 1.807) is 0 Å². The number of hydrogen-bond donors (Lipinski definition) is 1. The molecule has 148 valence electrons. The highest BCUT2D eigenvalue weighted by Crippen LogP contribution is 2.48. The lowest BCUT2D eigenvalue weighted by Crippen LogP contribution is -2.17. The summed E-state index contributed by atoms with van der Waals surface area (Å²) in [4.78, 5) is 0. The Balaban J connectivity index is 2.17. The molecule has 2 nitrogen and oxygen atoms in total. The molecular weight excluding hydrogens is 320 g/mol. The number of aromatic hydroxyl groups is 1. The molecule has 0 aromatic heterocycles. The predicted molar refractivity (Wildman–Crippen MR) is 112 cm³/mol. The van der Waals surface area contributed by atoms with Crippen LogP contribution in [0.5, 0.6) is 11.5 Å². The van der Waals surface area contributed by atoms with Gasteiger partial charge in [-0.3, -0.25) is 0 Å². The Morgan fingerprint density at radius 3 is 2.15 bits per heavy atom. The van der Waals surface area contributed by atoms with Crippen molar-refractivity contribution in [3.05, 3.63) is 22.8 Å². The predicted octanol–water partition coefficient (Wildman–Crippen LogP) is 7.04. The normalized spacial score (nSPS) is 17.3. The van der Waals surface area contributed by atoms with Crippen LogP contribution in [-0.4, -0.2) is 11.2 Å². The molecule has 1 aliphatic rings. The number of rotatable bonds is 7. The number of ether oxygens (including phenoxy) is 1. The van der Waals surface area contributed by atoms with E-state index in [9.17, 15) is 5.11 Å².